The van der Waals surface area contributed by atoms with Crippen molar-refractivity contribution in [3.63, 3.8) is 0 Å². The van der Waals surface area contributed by atoms with Crippen molar-refractivity contribution in [3.05, 3.63) is 33.9 Å². The predicted octanol–water partition coefficient (Wildman–Crippen LogP) is -1.81. The van der Waals surface area contributed by atoms with E-state index in [-0.39, 0.29) is 0 Å². The predicted molar refractivity (Wildman–Crippen MR) is 42.3 cm³/mol. The van der Waals surface area contributed by atoms with E-state index in [1.54, 1.807) is 0 Å². The lowest BCUT2D eigenvalue weighted by Gasteiger charge is -2.08. The van der Waals surface area contributed by atoms with Crippen LogP contribution in [0, 0.1) is 3.57 Å². The average Bonchev–Trinajstić information content (AvgIpc) is 2.02. The molecular weight excluding hydrogens is 348 g/mol. The SMILES string of the molecule is O=S(=O)([O-])C(F)(F)F.[IH+]c1ccccc1. The minimum absolute atomic E-state index is 1.33. The Morgan fingerprint density at radius 3 is 1.60 bits per heavy atom. The van der Waals surface area contributed by atoms with Crippen LogP contribution in [-0.2, 0) is 10.1 Å². The van der Waals surface area contributed by atoms with Gasteiger partial charge in [-0.05, 0) is 12.1 Å². The Morgan fingerprint density at radius 2 is 1.47 bits per heavy atom. The summed E-state index contributed by atoms with van der Waals surface area (Å²) >= 11 is 2.02. The smallest absolute Gasteiger partial charge is 0.485 e. The van der Waals surface area contributed by atoms with Crippen LogP contribution in [0.2, 0.25) is 0 Å². The molecule has 0 unspecified atom stereocenters. The lowest BCUT2D eigenvalue weighted by Crippen LogP contribution is -3.34. The molecule has 8 heteroatoms. The summed E-state index contributed by atoms with van der Waals surface area (Å²) in [4.78, 5) is 0. The standard InChI is InChI=1S/C6H6I.CHF3O3S/c7-6-4-2-1-3-5-6;2-1(3,4)8(5,6)7/h1-5,7H;(H,5,6,7)/q+1;/p-1. The molecule has 0 aliphatic rings. The van der Waals surface area contributed by atoms with Crippen LogP contribution in [0.5, 0.6) is 0 Å². The molecule has 0 bridgehead atoms. The highest BCUT2D eigenvalue weighted by molar-refractivity contribution is 7.86. The molecule has 1 aromatic rings. The average molecular weight is 354 g/mol. The van der Waals surface area contributed by atoms with E-state index in [0.717, 1.165) is 0 Å². The first-order valence-corrected chi connectivity index (χ1v) is 5.96. The normalized spacial score (nSPS) is 11.5. The zero-order chi connectivity index (χ0) is 12.1. The molecule has 86 valence electrons. The number of hydrogen-bond acceptors (Lipinski definition) is 3. The fraction of sp³-hybridized carbons (Fsp3) is 0.143. The van der Waals surface area contributed by atoms with Crippen molar-refractivity contribution < 1.29 is 48.7 Å². The second kappa shape index (κ2) is 5.66. The van der Waals surface area contributed by atoms with E-state index in [0.29, 0.717) is 0 Å². The summed E-state index contributed by atoms with van der Waals surface area (Å²) in [6, 6.07) is 10.3. The third kappa shape index (κ3) is 6.68. The van der Waals surface area contributed by atoms with Gasteiger partial charge < -0.3 is 4.55 Å². The zero-order valence-corrected chi connectivity index (χ0v) is 10.2. The fourth-order valence-electron chi connectivity index (χ4n) is 0.420. The molecular formula is C7H6F3IO3S. The van der Waals surface area contributed by atoms with Gasteiger partial charge in [0.15, 0.2) is 13.7 Å². The van der Waals surface area contributed by atoms with Gasteiger partial charge in [-0.15, -0.1) is 0 Å². The lowest BCUT2D eigenvalue weighted by atomic mass is 10.4. The van der Waals surface area contributed by atoms with E-state index in [9.17, 15) is 13.2 Å². The Balaban J connectivity index is 0.000000262. The van der Waals surface area contributed by atoms with Crippen molar-refractivity contribution >= 4 is 10.1 Å². The van der Waals surface area contributed by atoms with E-state index in [1.807, 2.05) is 40.8 Å². The summed E-state index contributed by atoms with van der Waals surface area (Å²) in [7, 11) is -6.09. The van der Waals surface area contributed by atoms with E-state index >= 15 is 0 Å². The molecule has 0 amide bonds. The Hall–Kier alpha value is -0.350. The molecule has 0 N–H and O–H groups in total. The molecule has 0 spiro atoms. The number of alkyl halides is 3. The Labute approximate surface area is 98.2 Å². The van der Waals surface area contributed by atoms with Crippen LogP contribution in [0.3, 0.4) is 0 Å². The zero-order valence-electron chi connectivity index (χ0n) is 7.06. The van der Waals surface area contributed by atoms with Crippen molar-refractivity contribution in [2.24, 2.45) is 0 Å². The second-order valence-electron chi connectivity index (χ2n) is 2.21. The summed E-state index contributed by atoms with van der Waals surface area (Å²) in [6.07, 6.45) is 0. The first-order valence-electron chi connectivity index (χ1n) is 3.39. The van der Waals surface area contributed by atoms with Gasteiger partial charge >= 0.3 is 5.51 Å². The van der Waals surface area contributed by atoms with Crippen LogP contribution in [0.1, 0.15) is 0 Å². The third-order valence-electron chi connectivity index (χ3n) is 1.03. The largest absolute Gasteiger partial charge is 0.741 e. The molecule has 0 aromatic heterocycles. The summed E-state index contributed by atoms with van der Waals surface area (Å²) in [5.41, 5.74) is -5.65. The highest BCUT2D eigenvalue weighted by Crippen LogP contribution is 2.20. The van der Waals surface area contributed by atoms with Gasteiger partial charge in [0.25, 0.3) is 22.6 Å². The van der Waals surface area contributed by atoms with Gasteiger partial charge in [0.05, 0.1) is 0 Å². The van der Waals surface area contributed by atoms with Crippen LogP contribution in [0.4, 0.5) is 13.2 Å². The monoisotopic (exact) mass is 354 g/mol. The van der Waals surface area contributed by atoms with Gasteiger partial charge in [-0.1, -0.05) is 18.2 Å². The minimum Gasteiger partial charge on any atom is -0.741 e. The number of halogens is 4. The fourth-order valence-corrected chi connectivity index (χ4v) is 0.869. The van der Waals surface area contributed by atoms with E-state index < -0.39 is 15.6 Å². The Morgan fingerprint density at radius 1 is 1.13 bits per heavy atom. The maximum Gasteiger partial charge on any atom is 0.485 e. The number of rotatable bonds is 0. The highest BCUT2D eigenvalue weighted by atomic mass is 127. The van der Waals surface area contributed by atoms with Crippen LogP contribution in [-0.4, -0.2) is 18.5 Å². The number of benzene rings is 1. The molecule has 0 aliphatic carbocycles. The molecule has 3 nitrogen and oxygen atoms in total. The van der Waals surface area contributed by atoms with E-state index in [2.05, 4.69) is 12.1 Å². The molecule has 15 heavy (non-hydrogen) atoms. The topological polar surface area (TPSA) is 57.2 Å². The van der Waals surface area contributed by atoms with Gasteiger partial charge in [-0.2, -0.15) is 13.2 Å². The molecule has 0 saturated carbocycles. The highest BCUT2D eigenvalue weighted by Gasteiger charge is 2.36. The molecule has 0 fully saturated rings. The van der Waals surface area contributed by atoms with Crippen molar-refractivity contribution in [3.8, 4) is 0 Å². The van der Waals surface area contributed by atoms with Crippen molar-refractivity contribution in [2.75, 3.05) is 0 Å². The summed E-state index contributed by atoms with van der Waals surface area (Å²) in [6.45, 7) is 0. The van der Waals surface area contributed by atoms with Crippen molar-refractivity contribution in [2.45, 2.75) is 5.51 Å². The van der Waals surface area contributed by atoms with Gasteiger partial charge in [0.1, 0.15) is 0 Å². The summed E-state index contributed by atoms with van der Waals surface area (Å²) < 4.78 is 60.2. The maximum atomic E-state index is 10.7. The van der Waals surface area contributed by atoms with Crippen LogP contribution in [0.15, 0.2) is 30.3 Å². The van der Waals surface area contributed by atoms with Crippen LogP contribution in [0.25, 0.3) is 0 Å². The molecule has 1 rings (SSSR count). The van der Waals surface area contributed by atoms with Gasteiger partial charge in [-0.25, -0.2) is 8.42 Å². The van der Waals surface area contributed by atoms with Gasteiger partial charge in [0.2, 0.25) is 0 Å². The maximum absolute atomic E-state index is 10.7. The van der Waals surface area contributed by atoms with Crippen LogP contribution >= 0.6 is 0 Å². The lowest BCUT2D eigenvalue weighted by molar-refractivity contribution is -0.328. The molecule has 1 aromatic carbocycles. The Bertz CT molecular complexity index is 388. The molecule has 0 aliphatic heterocycles. The molecule has 0 atom stereocenters. The molecule has 0 heterocycles. The number of hydrogen-bond donors (Lipinski definition) is 0. The molecule has 0 saturated heterocycles. The van der Waals surface area contributed by atoms with E-state index in [4.69, 9.17) is 13.0 Å². The second-order valence-corrected chi connectivity index (χ2v) is 4.93. The quantitative estimate of drug-likeness (QED) is 0.314. The minimum atomic E-state index is -6.09. The first kappa shape index (κ1) is 14.6. The van der Waals surface area contributed by atoms with Crippen molar-refractivity contribution in [1.82, 2.24) is 0 Å². The molecule has 0 radical (unpaired) electrons. The summed E-state index contributed by atoms with van der Waals surface area (Å²) in [5.74, 6) is 0. The Kier molecular flexibility index (Phi) is 5.53. The van der Waals surface area contributed by atoms with Gasteiger partial charge in [-0.3, -0.25) is 0 Å². The van der Waals surface area contributed by atoms with Gasteiger partial charge in [0, 0.05) is 0 Å². The first-order chi connectivity index (χ1) is 6.64. The third-order valence-corrected chi connectivity index (χ3v) is 2.37. The summed E-state index contributed by atoms with van der Waals surface area (Å²) in [5, 5.41) is 0. The van der Waals surface area contributed by atoms with Crippen LogP contribution < -0.4 is 22.6 Å². The van der Waals surface area contributed by atoms with E-state index in [1.165, 1.54) is 3.57 Å². The van der Waals surface area contributed by atoms with Crippen molar-refractivity contribution in [1.29, 1.82) is 0 Å².